The molecule has 1 saturated heterocycles. The van der Waals surface area contributed by atoms with Crippen molar-refractivity contribution in [3.63, 3.8) is 0 Å². The van der Waals surface area contributed by atoms with E-state index in [1.54, 1.807) is 0 Å². The van der Waals surface area contributed by atoms with E-state index in [1.165, 1.54) is 4.31 Å². The van der Waals surface area contributed by atoms with Gasteiger partial charge in [0, 0.05) is 5.41 Å². The number of hydrogen-bond donors (Lipinski definition) is 1. The molecule has 1 amide bonds. The molecule has 1 aliphatic heterocycles. The number of nitrogens with zero attached hydrogens (tertiary/aromatic N) is 1. The van der Waals surface area contributed by atoms with Crippen molar-refractivity contribution in [2.45, 2.75) is 51.7 Å². The van der Waals surface area contributed by atoms with E-state index in [4.69, 9.17) is 0 Å². The van der Waals surface area contributed by atoms with Gasteiger partial charge in [-0.15, -0.1) is 0 Å². The number of aliphatic hydroxyl groups excluding tert-OH is 1. The highest BCUT2D eigenvalue weighted by molar-refractivity contribution is 7.90. The SMILES string of the molecule is C=C(C1=CC[C@@H](C(=O)N2[C@@H]3C[C@H]4CC[C@]3(CS2(=O)=O)C4(C)C)[C@H]1O)c1ccccc1. The third kappa shape index (κ3) is 2.43. The normalized spacial score (nSPS) is 37.8. The molecule has 6 heteroatoms. The highest BCUT2D eigenvalue weighted by atomic mass is 32.2. The molecule has 160 valence electrons. The summed E-state index contributed by atoms with van der Waals surface area (Å²) in [4.78, 5) is 13.5. The number of amides is 1. The van der Waals surface area contributed by atoms with Crippen LogP contribution >= 0.6 is 0 Å². The standard InChI is InChI=1S/C24H29NO4S/c1-15(16-7-5-4-6-8-16)18-9-10-19(21(18)26)22(27)25-20-13-17-11-12-24(20,23(17,2)3)14-30(25,28)29/h4-9,17,19-21,26H,1,10-14H2,2-3H3/t17-,19-,20-,21+,24-/m1/s1. The van der Waals surface area contributed by atoms with Crippen molar-refractivity contribution in [2.24, 2.45) is 22.7 Å². The molecule has 30 heavy (non-hydrogen) atoms. The van der Waals surface area contributed by atoms with Crippen LogP contribution in [0.2, 0.25) is 0 Å². The number of carbonyl (C=O) groups excluding carboxylic acids is 1. The van der Waals surface area contributed by atoms with Gasteiger partial charge in [0.2, 0.25) is 15.9 Å². The van der Waals surface area contributed by atoms with Crippen LogP contribution in [-0.2, 0) is 14.8 Å². The smallest absolute Gasteiger partial charge is 0.242 e. The molecule has 1 spiro atoms. The Kier molecular flexibility index (Phi) is 4.20. The van der Waals surface area contributed by atoms with Crippen molar-refractivity contribution in [3.8, 4) is 0 Å². The van der Waals surface area contributed by atoms with E-state index in [2.05, 4.69) is 20.4 Å². The summed E-state index contributed by atoms with van der Waals surface area (Å²) < 4.78 is 27.5. The molecule has 4 aliphatic rings. The van der Waals surface area contributed by atoms with E-state index in [-0.39, 0.29) is 22.6 Å². The predicted octanol–water partition coefficient (Wildman–Crippen LogP) is 3.37. The molecule has 1 aromatic rings. The number of carbonyl (C=O) groups is 1. The Hall–Kier alpha value is -1.92. The fourth-order valence-corrected chi connectivity index (χ4v) is 9.39. The first kappa shape index (κ1) is 20.0. The molecule has 5 nitrogen and oxygen atoms in total. The van der Waals surface area contributed by atoms with Gasteiger partial charge in [0.1, 0.15) is 0 Å². The molecule has 0 radical (unpaired) electrons. The van der Waals surface area contributed by atoms with E-state index in [9.17, 15) is 18.3 Å². The van der Waals surface area contributed by atoms with E-state index < -0.39 is 28.0 Å². The lowest BCUT2D eigenvalue weighted by Crippen LogP contribution is -2.47. The second-order valence-corrected chi connectivity index (χ2v) is 11.9. The average Bonchev–Trinajstić information content (AvgIpc) is 3.33. The molecule has 0 unspecified atom stereocenters. The molecule has 5 atom stereocenters. The van der Waals surface area contributed by atoms with Crippen molar-refractivity contribution in [2.75, 3.05) is 5.75 Å². The van der Waals surface area contributed by atoms with E-state index in [0.29, 0.717) is 23.5 Å². The van der Waals surface area contributed by atoms with Crippen molar-refractivity contribution >= 4 is 21.5 Å². The van der Waals surface area contributed by atoms with Crippen LogP contribution in [0.3, 0.4) is 0 Å². The van der Waals surface area contributed by atoms with Gasteiger partial charge in [0.25, 0.3) is 0 Å². The molecule has 1 N–H and O–H groups in total. The summed E-state index contributed by atoms with van der Waals surface area (Å²) >= 11 is 0. The molecule has 3 aliphatic carbocycles. The maximum absolute atomic E-state index is 13.5. The molecule has 1 heterocycles. The first-order valence-corrected chi connectivity index (χ1v) is 12.4. The topological polar surface area (TPSA) is 74.7 Å². The Morgan fingerprint density at radius 3 is 2.60 bits per heavy atom. The Labute approximate surface area is 178 Å². The van der Waals surface area contributed by atoms with E-state index >= 15 is 0 Å². The third-order valence-corrected chi connectivity index (χ3v) is 10.6. The minimum Gasteiger partial charge on any atom is -0.388 e. The van der Waals surface area contributed by atoms with Crippen molar-refractivity contribution in [1.82, 2.24) is 4.31 Å². The van der Waals surface area contributed by atoms with Crippen LogP contribution in [0.4, 0.5) is 0 Å². The maximum atomic E-state index is 13.5. The van der Waals surface area contributed by atoms with Gasteiger partial charge in [-0.25, -0.2) is 12.7 Å². The second-order valence-electron chi connectivity index (χ2n) is 10.0. The molecule has 5 rings (SSSR count). The molecule has 1 aromatic carbocycles. The van der Waals surface area contributed by atoms with Crippen LogP contribution in [0.15, 0.2) is 48.6 Å². The Bertz CT molecular complexity index is 1060. The number of aliphatic hydroxyl groups is 1. The third-order valence-electron chi connectivity index (χ3n) is 8.71. The maximum Gasteiger partial charge on any atom is 0.242 e. The van der Waals surface area contributed by atoms with Gasteiger partial charge in [0.15, 0.2) is 0 Å². The minimum atomic E-state index is -3.68. The quantitative estimate of drug-likeness (QED) is 0.803. The molecular weight excluding hydrogens is 398 g/mol. The fourth-order valence-electron chi connectivity index (χ4n) is 6.81. The van der Waals surface area contributed by atoms with Crippen LogP contribution < -0.4 is 0 Å². The lowest BCUT2D eigenvalue weighted by molar-refractivity contribution is -0.135. The van der Waals surface area contributed by atoms with Gasteiger partial charge in [-0.05, 0) is 53.7 Å². The highest BCUT2D eigenvalue weighted by Crippen LogP contribution is 2.70. The van der Waals surface area contributed by atoms with Gasteiger partial charge in [-0.1, -0.05) is 56.8 Å². The average molecular weight is 428 g/mol. The number of fused-ring (bicyclic) bond motifs is 1. The zero-order chi connectivity index (χ0) is 21.5. The molecule has 3 fully saturated rings. The Morgan fingerprint density at radius 1 is 1.23 bits per heavy atom. The van der Waals surface area contributed by atoms with Crippen LogP contribution in [-0.4, -0.2) is 41.6 Å². The summed E-state index contributed by atoms with van der Waals surface area (Å²) in [6, 6.07) is 9.27. The van der Waals surface area contributed by atoms with E-state index in [1.807, 2.05) is 36.4 Å². The van der Waals surface area contributed by atoms with Crippen molar-refractivity contribution in [1.29, 1.82) is 0 Å². The van der Waals surface area contributed by atoms with Gasteiger partial charge >= 0.3 is 0 Å². The van der Waals surface area contributed by atoms with Crippen LogP contribution in [0.5, 0.6) is 0 Å². The van der Waals surface area contributed by atoms with Crippen LogP contribution in [0, 0.1) is 22.7 Å². The monoisotopic (exact) mass is 427 g/mol. The number of sulfonamides is 1. The number of allylic oxidation sites excluding steroid dienone is 1. The van der Waals surface area contributed by atoms with Gasteiger partial charge in [-0.3, -0.25) is 4.79 Å². The Balaban J connectivity index is 1.42. The lowest BCUT2D eigenvalue weighted by atomic mass is 9.69. The summed E-state index contributed by atoms with van der Waals surface area (Å²) in [7, 11) is -3.68. The zero-order valence-electron chi connectivity index (χ0n) is 17.5. The van der Waals surface area contributed by atoms with Gasteiger partial charge in [-0.2, -0.15) is 0 Å². The molecule has 2 bridgehead atoms. The number of hydrogen-bond acceptors (Lipinski definition) is 4. The van der Waals surface area contributed by atoms with Crippen LogP contribution in [0.25, 0.3) is 5.57 Å². The zero-order valence-corrected chi connectivity index (χ0v) is 18.4. The summed E-state index contributed by atoms with van der Waals surface area (Å²) in [6.45, 7) is 8.45. The predicted molar refractivity (Wildman–Crippen MR) is 116 cm³/mol. The molecule has 2 saturated carbocycles. The van der Waals surface area contributed by atoms with Crippen molar-refractivity contribution in [3.05, 3.63) is 54.1 Å². The first-order chi connectivity index (χ1) is 14.1. The lowest BCUT2D eigenvalue weighted by Gasteiger charge is -2.37. The largest absolute Gasteiger partial charge is 0.388 e. The van der Waals surface area contributed by atoms with Gasteiger partial charge < -0.3 is 5.11 Å². The first-order valence-electron chi connectivity index (χ1n) is 10.8. The summed E-state index contributed by atoms with van der Waals surface area (Å²) in [5.41, 5.74) is 1.76. The molecular formula is C24H29NO4S. The van der Waals surface area contributed by atoms with Gasteiger partial charge in [0.05, 0.1) is 23.8 Å². The number of rotatable bonds is 3. The minimum absolute atomic E-state index is 0.0553. The van der Waals surface area contributed by atoms with Crippen LogP contribution in [0.1, 0.15) is 45.1 Å². The fraction of sp³-hybridized carbons (Fsp3) is 0.542. The highest BCUT2D eigenvalue weighted by Gasteiger charge is 2.72. The second kappa shape index (κ2) is 6.30. The summed E-state index contributed by atoms with van der Waals surface area (Å²) in [5, 5.41) is 11.0. The van der Waals surface area contributed by atoms with Crippen molar-refractivity contribution < 1.29 is 18.3 Å². The van der Waals surface area contributed by atoms with E-state index in [0.717, 1.165) is 24.8 Å². The molecule has 0 aromatic heterocycles. The Morgan fingerprint density at radius 2 is 1.93 bits per heavy atom. The number of benzene rings is 1. The summed E-state index contributed by atoms with van der Waals surface area (Å²) in [6.07, 6.45) is 3.78. The summed E-state index contributed by atoms with van der Waals surface area (Å²) in [5.74, 6) is -0.708.